The third-order valence-electron chi connectivity index (χ3n) is 4.59. The van der Waals surface area contributed by atoms with Crippen molar-refractivity contribution in [2.75, 3.05) is 31.9 Å². The zero-order chi connectivity index (χ0) is 17.2. The van der Waals surface area contributed by atoms with Gasteiger partial charge in [0.15, 0.2) is 17.3 Å². The third-order valence-corrected chi connectivity index (χ3v) is 4.59. The molecule has 0 saturated carbocycles. The average molecular weight is 342 g/mol. The van der Waals surface area contributed by atoms with Crippen LogP contribution in [-0.4, -0.2) is 55.9 Å². The van der Waals surface area contributed by atoms with Gasteiger partial charge in [-0.1, -0.05) is 0 Å². The SMILES string of the molecule is CCn1c(-c2nonc2N)nc2cncc(CN3CCCNCC3)c21. The molecule has 132 valence electrons. The number of fused-ring (bicyclic) bond motifs is 1. The molecule has 0 aliphatic carbocycles. The second-order valence-electron chi connectivity index (χ2n) is 6.22. The summed E-state index contributed by atoms with van der Waals surface area (Å²) >= 11 is 0. The van der Waals surface area contributed by atoms with Crippen LogP contribution in [0, 0.1) is 0 Å². The first-order valence-electron chi connectivity index (χ1n) is 8.62. The second-order valence-corrected chi connectivity index (χ2v) is 6.22. The Bertz CT molecular complexity index is 862. The number of nitrogen functional groups attached to an aromatic ring is 1. The number of aromatic nitrogens is 5. The average Bonchev–Trinajstić information content (AvgIpc) is 3.10. The number of hydrogen-bond acceptors (Lipinski definition) is 8. The zero-order valence-corrected chi connectivity index (χ0v) is 14.3. The molecule has 0 spiro atoms. The first-order chi connectivity index (χ1) is 12.3. The third kappa shape index (κ3) is 2.96. The highest BCUT2D eigenvalue weighted by atomic mass is 16.6. The quantitative estimate of drug-likeness (QED) is 0.719. The first-order valence-corrected chi connectivity index (χ1v) is 8.62. The van der Waals surface area contributed by atoms with E-state index in [2.05, 4.69) is 42.0 Å². The fourth-order valence-corrected chi connectivity index (χ4v) is 3.41. The maximum absolute atomic E-state index is 5.87. The number of nitrogens with one attached hydrogen (secondary N) is 1. The normalized spacial score (nSPS) is 16.4. The lowest BCUT2D eigenvalue weighted by atomic mass is 10.2. The van der Waals surface area contributed by atoms with Crippen LogP contribution in [0.1, 0.15) is 18.9 Å². The minimum atomic E-state index is 0.248. The van der Waals surface area contributed by atoms with Crippen molar-refractivity contribution in [3.63, 3.8) is 0 Å². The van der Waals surface area contributed by atoms with Gasteiger partial charge in [0.1, 0.15) is 5.52 Å². The highest BCUT2D eigenvalue weighted by Gasteiger charge is 2.21. The van der Waals surface area contributed by atoms with Gasteiger partial charge in [-0.3, -0.25) is 9.88 Å². The number of nitrogens with zero attached hydrogens (tertiary/aromatic N) is 6. The molecule has 1 aliphatic rings. The van der Waals surface area contributed by atoms with E-state index in [1.54, 1.807) is 6.20 Å². The molecule has 0 atom stereocenters. The monoisotopic (exact) mass is 342 g/mol. The number of aryl methyl sites for hydroxylation is 1. The molecule has 0 aromatic carbocycles. The van der Waals surface area contributed by atoms with E-state index in [4.69, 9.17) is 10.4 Å². The van der Waals surface area contributed by atoms with Gasteiger partial charge in [0.05, 0.1) is 11.7 Å². The standard InChI is InChI=1S/C16H22N8O/c1-2-24-14-11(10-23-6-3-4-18-5-7-23)8-19-9-12(14)20-16(24)13-15(17)22-25-21-13/h8-9,18H,2-7,10H2,1H3,(H2,17,22). The Hall–Kier alpha value is -2.52. The van der Waals surface area contributed by atoms with Gasteiger partial charge in [0.2, 0.25) is 0 Å². The van der Waals surface area contributed by atoms with Crippen LogP contribution in [0.4, 0.5) is 5.82 Å². The van der Waals surface area contributed by atoms with Gasteiger partial charge in [0.25, 0.3) is 0 Å². The molecule has 4 rings (SSSR count). The molecule has 25 heavy (non-hydrogen) atoms. The first kappa shape index (κ1) is 16.0. The molecule has 0 unspecified atom stereocenters. The summed E-state index contributed by atoms with van der Waals surface area (Å²) in [6.45, 7) is 7.88. The number of pyridine rings is 1. The summed E-state index contributed by atoms with van der Waals surface area (Å²) in [5.41, 5.74) is 9.42. The van der Waals surface area contributed by atoms with Crippen LogP contribution >= 0.6 is 0 Å². The van der Waals surface area contributed by atoms with Crippen molar-refractivity contribution in [1.82, 2.24) is 35.1 Å². The van der Waals surface area contributed by atoms with Crippen LogP contribution < -0.4 is 11.1 Å². The van der Waals surface area contributed by atoms with Crippen molar-refractivity contribution in [3.8, 4) is 11.5 Å². The Morgan fingerprint density at radius 2 is 2.16 bits per heavy atom. The molecule has 9 heteroatoms. The second kappa shape index (κ2) is 6.77. The Kier molecular flexibility index (Phi) is 4.33. The van der Waals surface area contributed by atoms with Crippen molar-refractivity contribution < 1.29 is 4.63 Å². The molecule has 1 saturated heterocycles. The molecular formula is C16H22N8O. The smallest absolute Gasteiger partial charge is 0.199 e. The maximum atomic E-state index is 5.87. The van der Waals surface area contributed by atoms with Crippen molar-refractivity contribution in [2.24, 2.45) is 0 Å². The number of rotatable bonds is 4. The van der Waals surface area contributed by atoms with Crippen molar-refractivity contribution in [1.29, 1.82) is 0 Å². The molecule has 3 aromatic heterocycles. The fourth-order valence-electron chi connectivity index (χ4n) is 3.41. The van der Waals surface area contributed by atoms with Crippen molar-refractivity contribution in [2.45, 2.75) is 26.4 Å². The summed E-state index contributed by atoms with van der Waals surface area (Å²) in [4.78, 5) is 11.5. The summed E-state index contributed by atoms with van der Waals surface area (Å²) in [7, 11) is 0. The number of imidazole rings is 1. The van der Waals surface area contributed by atoms with E-state index in [0.29, 0.717) is 11.5 Å². The molecule has 0 radical (unpaired) electrons. The summed E-state index contributed by atoms with van der Waals surface area (Å²) in [5, 5.41) is 11.0. The van der Waals surface area contributed by atoms with Gasteiger partial charge in [-0.2, -0.15) is 0 Å². The van der Waals surface area contributed by atoms with E-state index in [1.165, 1.54) is 0 Å². The van der Waals surface area contributed by atoms with Gasteiger partial charge in [0, 0.05) is 37.9 Å². The van der Waals surface area contributed by atoms with E-state index in [9.17, 15) is 0 Å². The number of nitrogens with two attached hydrogens (primary N) is 1. The number of hydrogen-bond donors (Lipinski definition) is 2. The van der Waals surface area contributed by atoms with Crippen LogP contribution in [0.5, 0.6) is 0 Å². The van der Waals surface area contributed by atoms with E-state index in [1.807, 2.05) is 6.20 Å². The molecule has 1 fully saturated rings. The predicted octanol–water partition coefficient (Wildman–Crippen LogP) is 0.879. The molecule has 3 aromatic rings. The minimum Gasteiger partial charge on any atom is -0.379 e. The predicted molar refractivity (Wildman–Crippen MR) is 93.7 cm³/mol. The number of anilines is 1. The Balaban J connectivity index is 1.77. The lowest BCUT2D eigenvalue weighted by Crippen LogP contribution is -2.28. The minimum absolute atomic E-state index is 0.248. The lowest BCUT2D eigenvalue weighted by molar-refractivity contribution is 0.285. The molecule has 9 nitrogen and oxygen atoms in total. The van der Waals surface area contributed by atoms with Gasteiger partial charge < -0.3 is 15.6 Å². The van der Waals surface area contributed by atoms with Gasteiger partial charge in [-0.25, -0.2) is 9.61 Å². The highest BCUT2D eigenvalue weighted by molar-refractivity contribution is 5.83. The molecule has 4 heterocycles. The van der Waals surface area contributed by atoms with Crippen LogP contribution in [-0.2, 0) is 13.1 Å². The van der Waals surface area contributed by atoms with Crippen LogP contribution in [0.15, 0.2) is 17.0 Å². The van der Waals surface area contributed by atoms with E-state index < -0.39 is 0 Å². The van der Waals surface area contributed by atoms with E-state index in [-0.39, 0.29) is 5.82 Å². The topological polar surface area (TPSA) is 111 Å². The zero-order valence-electron chi connectivity index (χ0n) is 14.3. The van der Waals surface area contributed by atoms with Crippen LogP contribution in [0.2, 0.25) is 0 Å². The lowest BCUT2D eigenvalue weighted by Gasteiger charge is -2.20. The highest BCUT2D eigenvalue weighted by Crippen LogP contribution is 2.28. The van der Waals surface area contributed by atoms with Gasteiger partial charge in [-0.05, 0) is 36.7 Å². The van der Waals surface area contributed by atoms with Crippen LogP contribution in [0.25, 0.3) is 22.6 Å². The van der Waals surface area contributed by atoms with Gasteiger partial charge in [-0.15, -0.1) is 0 Å². The fraction of sp³-hybridized carbons (Fsp3) is 0.500. The molecule has 3 N–H and O–H groups in total. The molecule has 0 bridgehead atoms. The van der Waals surface area contributed by atoms with E-state index in [0.717, 1.165) is 62.3 Å². The Labute approximate surface area is 145 Å². The van der Waals surface area contributed by atoms with Crippen molar-refractivity contribution >= 4 is 16.9 Å². The summed E-state index contributed by atoms with van der Waals surface area (Å²) in [6.07, 6.45) is 4.87. The Morgan fingerprint density at radius 1 is 1.24 bits per heavy atom. The van der Waals surface area contributed by atoms with Crippen LogP contribution in [0.3, 0.4) is 0 Å². The van der Waals surface area contributed by atoms with E-state index >= 15 is 0 Å². The molecular weight excluding hydrogens is 320 g/mol. The Morgan fingerprint density at radius 3 is 2.96 bits per heavy atom. The van der Waals surface area contributed by atoms with Crippen molar-refractivity contribution in [3.05, 3.63) is 18.0 Å². The van der Waals surface area contributed by atoms with Gasteiger partial charge >= 0.3 is 0 Å². The summed E-state index contributed by atoms with van der Waals surface area (Å²) in [5.74, 6) is 0.918. The molecule has 0 amide bonds. The summed E-state index contributed by atoms with van der Waals surface area (Å²) < 4.78 is 6.86. The molecule has 1 aliphatic heterocycles. The maximum Gasteiger partial charge on any atom is 0.199 e. The summed E-state index contributed by atoms with van der Waals surface area (Å²) in [6, 6.07) is 0. The largest absolute Gasteiger partial charge is 0.379 e.